The SMILES string of the molecule is CCc1ccc(Oc2ccc3ccccc3c2)nc1. The van der Waals surface area contributed by atoms with Gasteiger partial charge in [-0.05, 0) is 34.9 Å². The van der Waals surface area contributed by atoms with Crippen LogP contribution in [0.3, 0.4) is 0 Å². The van der Waals surface area contributed by atoms with E-state index in [9.17, 15) is 0 Å². The third-order valence-electron chi connectivity index (χ3n) is 3.15. The summed E-state index contributed by atoms with van der Waals surface area (Å²) in [5.74, 6) is 1.45. The Balaban J connectivity index is 1.87. The number of pyridine rings is 1. The van der Waals surface area contributed by atoms with Crippen LogP contribution in [0, 0.1) is 0 Å². The zero-order valence-corrected chi connectivity index (χ0v) is 10.8. The van der Waals surface area contributed by atoms with Crippen LogP contribution in [0.15, 0.2) is 60.8 Å². The molecule has 0 aliphatic carbocycles. The highest BCUT2D eigenvalue weighted by molar-refractivity contribution is 5.83. The molecule has 0 bridgehead atoms. The lowest BCUT2D eigenvalue weighted by Crippen LogP contribution is -1.89. The van der Waals surface area contributed by atoms with Gasteiger partial charge in [-0.3, -0.25) is 0 Å². The minimum absolute atomic E-state index is 0.632. The van der Waals surface area contributed by atoms with Gasteiger partial charge in [-0.15, -0.1) is 0 Å². The van der Waals surface area contributed by atoms with E-state index < -0.39 is 0 Å². The van der Waals surface area contributed by atoms with E-state index in [2.05, 4.69) is 30.1 Å². The second kappa shape index (κ2) is 5.11. The van der Waals surface area contributed by atoms with Gasteiger partial charge < -0.3 is 4.74 Å². The van der Waals surface area contributed by atoms with Gasteiger partial charge in [0.2, 0.25) is 5.88 Å². The second-order valence-corrected chi connectivity index (χ2v) is 4.47. The molecule has 94 valence electrons. The van der Waals surface area contributed by atoms with E-state index in [1.807, 2.05) is 42.6 Å². The molecule has 1 aromatic heterocycles. The highest BCUT2D eigenvalue weighted by Crippen LogP contribution is 2.24. The minimum Gasteiger partial charge on any atom is -0.439 e. The number of nitrogens with zero attached hydrogens (tertiary/aromatic N) is 1. The lowest BCUT2D eigenvalue weighted by molar-refractivity contribution is 0.463. The maximum absolute atomic E-state index is 5.77. The van der Waals surface area contributed by atoms with Crippen LogP contribution in [-0.4, -0.2) is 4.98 Å². The van der Waals surface area contributed by atoms with Crippen molar-refractivity contribution in [1.29, 1.82) is 0 Å². The molecule has 0 spiro atoms. The van der Waals surface area contributed by atoms with Gasteiger partial charge in [0.05, 0.1) is 0 Å². The molecule has 3 rings (SSSR count). The largest absolute Gasteiger partial charge is 0.439 e. The Morgan fingerprint density at radius 1 is 0.947 bits per heavy atom. The summed E-state index contributed by atoms with van der Waals surface area (Å²) in [5, 5.41) is 2.38. The lowest BCUT2D eigenvalue weighted by Gasteiger charge is -2.06. The fraction of sp³-hybridized carbons (Fsp3) is 0.118. The predicted molar refractivity (Wildman–Crippen MR) is 77.6 cm³/mol. The fourth-order valence-electron chi connectivity index (χ4n) is 2.03. The monoisotopic (exact) mass is 249 g/mol. The van der Waals surface area contributed by atoms with Gasteiger partial charge in [-0.25, -0.2) is 4.98 Å². The van der Waals surface area contributed by atoms with Crippen LogP contribution in [0.25, 0.3) is 10.8 Å². The quantitative estimate of drug-likeness (QED) is 0.677. The highest BCUT2D eigenvalue weighted by atomic mass is 16.5. The lowest BCUT2D eigenvalue weighted by atomic mass is 10.1. The average molecular weight is 249 g/mol. The van der Waals surface area contributed by atoms with E-state index in [1.54, 1.807) is 0 Å². The molecule has 3 aromatic rings. The Hall–Kier alpha value is -2.35. The van der Waals surface area contributed by atoms with Crippen molar-refractivity contribution in [1.82, 2.24) is 4.98 Å². The van der Waals surface area contributed by atoms with Gasteiger partial charge in [0, 0.05) is 12.3 Å². The van der Waals surface area contributed by atoms with Crippen LogP contribution in [-0.2, 0) is 6.42 Å². The van der Waals surface area contributed by atoms with E-state index in [0.717, 1.165) is 12.2 Å². The molecule has 2 nitrogen and oxygen atoms in total. The van der Waals surface area contributed by atoms with Gasteiger partial charge in [-0.1, -0.05) is 43.3 Å². The summed E-state index contributed by atoms with van der Waals surface area (Å²) >= 11 is 0. The zero-order valence-electron chi connectivity index (χ0n) is 10.8. The molecule has 0 saturated heterocycles. The average Bonchev–Trinajstić information content (AvgIpc) is 2.48. The van der Waals surface area contributed by atoms with Crippen molar-refractivity contribution in [2.24, 2.45) is 0 Å². The predicted octanol–water partition coefficient (Wildman–Crippen LogP) is 4.59. The summed E-state index contributed by atoms with van der Waals surface area (Å²) in [4.78, 5) is 4.30. The van der Waals surface area contributed by atoms with Crippen LogP contribution in [0.2, 0.25) is 0 Å². The first-order valence-electron chi connectivity index (χ1n) is 6.47. The third kappa shape index (κ3) is 2.58. The Morgan fingerprint density at radius 3 is 2.53 bits per heavy atom. The molecule has 0 saturated carbocycles. The first-order chi connectivity index (χ1) is 9.35. The van der Waals surface area contributed by atoms with Crippen molar-refractivity contribution in [3.05, 3.63) is 66.4 Å². The molecule has 2 heteroatoms. The van der Waals surface area contributed by atoms with Crippen molar-refractivity contribution < 1.29 is 4.74 Å². The molecule has 0 fully saturated rings. The topological polar surface area (TPSA) is 22.1 Å². The van der Waals surface area contributed by atoms with Gasteiger partial charge in [-0.2, -0.15) is 0 Å². The molecule has 0 atom stereocenters. The standard InChI is InChI=1S/C17H15NO/c1-2-13-7-10-17(18-12-13)19-16-9-8-14-5-3-4-6-15(14)11-16/h3-12H,2H2,1H3. The van der Waals surface area contributed by atoms with Crippen molar-refractivity contribution in [3.8, 4) is 11.6 Å². The number of fused-ring (bicyclic) bond motifs is 1. The van der Waals surface area contributed by atoms with Gasteiger partial charge >= 0.3 is 0 Å². The molecule has 1 heterocycles. The van der Waals surface area contributed by atoms with Crippen LogP contribution in [0.5, 0.6) is 11.6 Å². The minimum atomic E-state index is 0.632. The molecule has 0 amide bonds. The normalized spacial score (nSPS) is 10.6. The molecule has 0 aliphatic rings. The van der Waals surface area contributed by atoms with Crippen LogP contribution in [0.4, 0.5) is 0 Å². The van der Waals surface area contributed by atoms with E-state index >= 15 is 0 Å². The number of rotatable bonds is 3. The van der Waals surface area contributed by atoms with Crippen LogP contribution < -0.4 is 4.74 Å². The molecule has 0 unspecified atom stereocenters. The van der Waals surface area contributed by atoms with Crippen molar-refractivity contribution >= 4 is 10.8 Å². The van der Waals surface area contributed by atoms with Crippen molar-refractivity contribution in [3.63, 3.8) is 0 Å². The van der Waals surface area contributed by atoms with E-state index in [-0.39, 0.29) is 0 Å². The summed E-state index contributed by atoms with van der Waals surface area (Å²) in [6, 6.07) is 18.3. The van der Waals surface area contributed by atoms with E-state index in [4.69, 9.17) is 4.74 Å². The number of hydrogen-bond donors (Lipinski definition) is 0. The van der Waals surface area contributed by atoms with Gasteiger partial charge in [0.1, 0.15) is 5.75 Å². The Labute approximate surface area is 112 Å². The number of benzene rings is 2. The van der Waals surface area contributed by atoms with Crippen molar-refractivity contribution in [2.75, 3.05) is 0 Å². The molecule has 19 heavy (non-hydrogen) atoms. The molecule has 0 radical (unpaired) electrons. The van der Waals surface area contributed by atoms with Crippen LogP contribution >= 0.6 is 0 Å². The van der Waals surface area contributed by atoms with E-state index in [0.29, 0.717) is 5.88 Å². The maximum Gasteiger partial charge on any atom is 0.219 e. The fourth-order valence-corrected chi connectivity index (χ4v) is 2.03. The molecule has 2 aromatic carbocycles. The summed E-state index contributed by atoms with van der Waals surface area (Å²) < 4.78 is 5.77. The number of aromatic nitrogens is 1. The van der Waals surface area contributed by atoms with Crippen molar-refractivity contribution in [2.45, 2.75) is 13.3 Å². The van der Waals surface area contributed by atoms with Crippen LogP contribution in [0.1, 0.15) is 12.5 Å². The third-order valence-corrected chi connectivity index (χ3v) is 3.15. The summed E-state index contributed by atoms with van der Waals surface area (Å²) in [7, 11) is 0. The second-order valence-electron chi connectivity index (χ2n) is 4.47. The maximum atomic E-state index is 5.77. The Bertz CT molecular complexity index is 689. The Morgan fingerprint density at radius 2 is 1.79 bits per heavy atom. The molecule has 0 aliphatic heterocycles. The summed E-state index contributed by atoms with van der Waals surface area (Å²) in [6.45, 7) is 2.11. The van der Waals surface area contributed by atoms with E-state index in [1.165, 1.54) is 16.3 Å². The first kappa shape index (κ1) is 11.7. The molecular weight excluding hydrogens is 234 g/mol. The van der Waals surface area contributed by atoms with Gasteiger partial charge in [0.25, 0.3) is 0 Å². The smallest absolute Gasteiger partial charge is 0.219 e. The summed E-state index contributed by atoms with van der Waals surface area (Å²) in [6.07, 6.45) is 2.85. The van der Waals surface area contributed by atoms with Gasteiger partial charge in [0.15, 0.2) is 0 Å². The Kier molecular flexibility index (Phi) is 3.15. The molecule has 0 N–H and O–H groups in total. The summed E-state index contributed by atoms with van der Waals surface area (Å²) in [5.41, 5.74) is 1.21. The zero-order chi connectivity index (χ0) is 13.1. The molecular formula is C17H15NO. The highest BCUT2D eigenvalue weighted by Gasteiger charge is 2.00. The number of hydrogen-bond acceptors (Lipinski definition) is 2. The number of ether oxygens (including phenoxy) is 1. The first-order valence-corrected chi connectivity index (χ1v) is 6.47. The number of aryl methyl sites for hydroxylation is 1.